The van der Waals surface area contributed by atoms with Crippen LogP contribution in [-0.4, -0.2) is 58.9 Å². The summed E-state index contributed by atoms with van der Waals surface area (Å²) < 4.78 is 15.1. The van der Waals surface area contributed by atoms with Gasteiger partial charge in [0, 0.05) is 6.54 Å². The number of carbonyl (C=O) groups excluding carboxylic acids is 2. The molecule has 0 aliphatic rings. The Hall–Kier alpha value is -0.980. The highest BCUT2D eigenvalue weighted by atomic mass is 16.5. The van der Waals surface area contributed by atoms with Crippen molar-refractivity contribution < 1.29 is 23.8 Å². The van der Waals surface area contributed by atoms with Crippen LogP contribution in [0.2, 0.25) is 0 Å². The Kier molecular flexibility index (Phi) is 12.2. The van der Waals surface area contributed by atoms with E-state index in [1.54, 1.807) is 0 Å². The van der Waals surface area contributed by atoms with Crippen molar-refractivity contribution in [2.45, 2.75) is 0 Å². The summed E-state index contributed by atoms with van der Waals surface area (Å²) in [5, 5.41) is 2.47. The van der Waals surface area contributed by atoms with Crippen molar-refractivity contribution in [1.82, 2.24) is 5.32 Å². The molecule has 1 amide bonds. The molecule has 0 heterocycles. The third-order valence-corrected chi connectivity index (χ3v) is 1.40. The zero-order valence-corrected chi connectivity index (χ0v) is 8.65. The molecule has 0 rings (SSSR count). The summed E-state index contributed by atoms with van der Waals surface area (Å²) in [6, 6.07) is 0. The summed E-state index contributed by atoms with van der Waals surface area (Å²) in [7, 11) is 0. The van der Waals surface area contributed by atoms with E-state index in [0.29, 0.717) is 52.3 Å². The van der Waals surface area contributed by atoms with Crippen LogP contribution in [0.1, 0.15) is 0 Å². The zero-order valence-electron chi connectivity index (χ0n) is 8.65. The van der Waals surface area contributed by atoms with Gasteiger partial charge in [-0.2, -0.15) is 0 Å². The van der Waals surface area contributed by atoms with E-state index in [-0.39, 0.29) is 6.61 Å². The summed E-state index contributed by atoms with van der Waals surface area (Å²) in [5.74, 6) is 0. The standard InChI is InChI=1S/C9H17NO5/c11-2-4-14-6-8-15-7-5-13-3-1-10-9-12/h2,9H,1,3-8H2,(H,10,12). The largest absolute Gasteiger partial charge is 0.377 e. The molecule has 1 N–H and O–H groups in total. The Morgan fingerprint density at radius 1 is 0.867 bits per heavy atom. The first kappa shape index (κ1) is 14.0. The molecular weight excluding hydrogens is 202 g/mol. The van der Waals surface area contributed by atoms with Crippen LogP contribution in [0, 0.1) is 0 Å². The lowest BCUT2D eigenvalue weighted by Crippen LogP contribution is -2.19. The summed E-state index contributed by atoms with van der Waals surface area (Å²) >= 11 is 0. The molecule has 6 nitrogen and oxygen atoms in total. The van der Waals surface area contributed by atoms with Crippen molar-refractivity contribution in [3.63, 3.8) is 0 Å². The third kappa shape index (κ3) is 13.0. The normalized spacial score (nSPS) is 9.87. The molecule has 0 aromatic carbocycles. The highest BCUT2D eigenvalue weighted by Crippen LogP contribution is 1.79. The molecule has 15 heavy (non-hydrogen) atoms. The van der Waals surface area contributed by atoms with Gasteiger partial charge in [-0.25, -0.2) is 0 Å². The van der Waals surface area contributed by atoms with Crippen LogP contribution in [0.15, 0.2) is 0 Å². The summed E-state index contributed by atoms with van der Waals surface area (Å²) in [6.07, 6.45) is 1.33. The molecule has 0 unspecified atom stereocenters. The van der Waals surface area contributed by atoms with E-state index in [1.165, 1.54) is 0 Å². The van der Waals surface area contributed by atoms with Gasteiger partial charge in [0.2, 0.25) is 6.41 Å². The molecule has 0 aromatic rings. The van der Waals surface area contributed by atoms with Crippen molar-refractivity contribution in [3.8, 4) is 0 Å². The van der Waals surface area contributed by atoms with Crippen LogP contribution in [0.5, 0.6) is 0 Å². The SMILES string of the molecule is O=CCOCCOCCOCCNC=O. The van der Waals surface area contributed by atoms with Crippen molar-refractivity contribution in [3.05, 3.63) is 0 Å². The molecule has 0 aliphatic carbocycles. The van der Waals surface area contributed by atoms with E-state index in [1.807, 2.05) is 0 Å². The first-order valence-corrected chi connectivity index (χ1v) is 4.75. The fourth-order valence-corrected chi connectivity index (χ4v) is 0.761. The second-order valence-electron chi connectivity index (χ2n) is 2.54. The minimum atomic E-state index is 0.108. The molecule has 0 saturated heterocycles. The van der Waals surface area contributed by atoms with Gasteiger partial charge in [0.1, 0.15) is 12.9 Å². The average molecular weight is 219 g/mol. The Bertz CT molecular complexity index is 137. The maximum Gasteiger partial charge on any atom is 0.207 e. The van der Waals surface area contributed by atoms with Crippen molar-refractivity contribution in [2.24, 2.45) is 0 Å². The fraction of sp³-hybridized carbons (Fsp3) is 0.778. The number of hydrogen-bond donors (Lipinski definition) is 1. The number of amides is 1. The van der Waals surface area contributed by atoms with Crippen LogP contribution in [-0.2, 0) is 23.8 Å². The van der Waals surface area contributed by atoms with E-state index < -0.39 is 0 Å². The molecule has 0 fully saturated rings. The second kappa shape index (κ2) is 13.0. The van der Waals surface area contributed by atoms with Gasteiger partial charge < -0.3 is 24.3 Å². The van der Waals surface area contributed by atoms with Crippen LogP contribution < -0.4 is 5.32 Å². The second-order valence-corrected chi connectivity index (χ2v) is 2.54. The van der Waals surface area contributed by atoms with Crippen LogP contribution >= 0.6 is 0 Å². The zero-order chi connectivity index (χ0) is 11.2. The number of carbonyl (C=O) groups is 2. The van der Waals surface area contributed by atoms with E-state index in [2.05, 4.69) is 5.32 Å². The number of aldehydes is 1. The van der Waals surface area contributed by atoms with Gasteiger partial charge >= 0.3 is 0 Å². The number of ether oxygens (including phenoxy) is 3. The fourth-order valence-electron chi connectivity index (χ4n) is 0.761. The van der Waals surface area contributed by atoms with Crippen molar-refractivity contribution >= 4 is 12.7 Å². The molecule has 0 aromatic heterocycles. The van der Waals surface area contributed by atoms with Crippen molar-refractivity contribution in [1.29, 1.82) is 0 Å². The number of hydrogen-bond acceptors (Lipinski definition) is 5. The number of rotatable bonds is 12. The van der Waals surface area contributed by atoms with Gasteiger partial charge in [0.05, 0.1) is 33.0 Å². The lowest BCUT2D eigenvalue weighted by molar-refractivity contribution is -0.112. The Balaban J connectivity index is 2.86. The molecule has 0 saturated carbocycles. The quantitative estimate of drug-likeness (QED) is 0.336. The van der Waals surface area contributed by atoms with Crippen LogP contribution in [0.25, 0.3) is 0 Å². The van der Waals surface area contributed by atoms with Crippen LogP contribution in [0.4, 0.5) is 0 Å². The van der Waals surface area contributed by atoms with Crippen LogP contribution in [0.3, 0.4) is 0 Å². The van der Waals surface area contributed by atoms with E-state index in [9.17, 15) is 9.59 Å². The van der Waals surface area contributed by atoms with E-state index in [0.717, 1.165) is 0 Å². The van der Waals surface area contributed by atoms with Gasteiger partial charge in [0.15, 0.2) is 0 Å². The summed E-state index contributed by atoms with van der Waals surface area (Å²) in [5.41, 5.74) is 0. The highest BCUT2D eigenvalue weighted by Gasteiger charge is 1.90. The van der Waals surface area contributed by atoms with Crippen molar-refractivity contribution in [2.75, 3.05) is 46.2 Å². The maximum atomic E-state index is 9.85. The van der Waals surface area contributed by atoms with E-state index >= 15 is 0 Å². The van der Waals surface area contributed by atoms with Gasteiger partial charge in [-0.15, -0.1) is 0 Å². The number of nitrogens with one attached hydrogen (secondary N) is 1. The first-order chi connectivity index (χ1) is 7.41. The molecular formula is C9H17NO5. The summed E-state index contributed by atoms with van der Waals surface area (Å²) in [6.45, 7) is 2.90. The lowest BCUT2D eigenvalue weighted by atomic mass is 10.6. The smallest absolute Gasteiger partial charge is 0.207 e. The van der Waals surface area contributed by atoms with Gasteiger partial charge in [0.25, 0.3) is 0 Å². The average Bonchev–Trinajstić information content (AvgIpc) is 2.26. The topological polar surface area (TPSA) is 73.9 Å². The Labute approximate surface area is 88.9 Å². The highest BCUT2D eigenvalue weighted by molar-refractivity contribution is 5.50. The minimum Gasteiger partial charge on any atom is -0.377 e. The third-order valence-electron chi connectivity index (χ3n) is 1.40. The molecule has 0 radical (unpaired) electrons. The van der Waals surface area contributed by atoms with Gasteiger partial charge in [-0.3, -0.25) is 4.79 Å². The van der Waals surface area contributed by atoms with Gasteiger partial charge in [-0.1, -0.05) is 0 Å². The molecule has 0 atom stereocenters. The van der Waals surface area contributed by atoms with E-state index in [4.69, 9.17) is 14.2 Å². The Morgan fingerprint density at radius 2 is 1.47 bits per heavy atom. The maximum absolute atomic E-state index is 9.85. The molecule has 0 spiro atoms. The van der Waals surface area contributed by atoms with Gasteiger partial charge in [-0.05, 0) is 0 Å². The summed E-state index contributed by atoms with van der Waals surface area (Å²) in [4.78, 5) is 19.7. The first-order valence-electron chi connectivity index (χ1n) is 4.75. The monoisotopic (exact) mass is 219 g/mol. The predicted octanol–water partition coefficient (Wildman–Crippen LogP) is -1.02. The lowest BCUT2D eigenvalue weighted by Gasteiger charge is -2.05. The Morgan fingerprint density at radius 3 is 2.07 bits per heavy atom. The molecule has 0 aliphatic heterocycles. The molecule has 6 heteroatoms. The molecule has 0 bridgehead atoms. The predicted molar refractivity (Wildman–Crippen MR) is 52.6 cm³/mol. The minimum absolute atomic E-state index is 0.108. The molecule has 88 valence electrons.